The van der Waals surface area contributed by atoms with E-state index in [2.05, 4.69) is 10.6 Å². The monoisotopic (exact) mass is 314 g/mol. The molecule has 1 fully saturated rings. The third-order valence-electron chi connectivity index (χ3n) is 3.35. The van der Waals surface area contributed by atoms with Gasteiger partial charge in [0.25, 0.3) is 0 Å². The van der Waals surface area contributed by atoms with Crippen LogP contribution in [0.5, 0.6) is 11.5 Å². The van der Waals surface area contributed by atoms with Gasteiger partial charge in [-0.15, -0.1) is 12.4 Å². The van der Waals surface area contributed by atoms with Crippen molar-refractivity contribution in [2.24, 2.45) is 0 Å². The van der Waals surface area contributed by atoms with Gasteiger partial charge in [0.15, 0.2) is 0 Å². The first-order valence-electron chi connectivity index (χ1n) is 7.05. The van der Waals surface area contributed by atoms with Crippen LogP contribution in [0.3, 0.4) is 0 Å². The molecule has 0 aliphatic carbocycles. The van der Waals surface area contributed by atoms with Gasteiger partial charge in [-0.1, -0.05) is 0 Å². The van der Waals surface area contributed by atoms with Crippen molar-refractivity contribution in [2.75, 3.05) is 26.8 Å². The fourth-order valence-corrected chi connectivity index (χ4v) is 2.26. The molecule has 2 rings (SSSR count). The maximum Gasteiger partial charge on any atom is 0.221 e. The van der Waals surface area contributed by atoms with Crippen molar-refractivity contribution in [2.45, 2.75) is 25.3 Å². The summed E-state index contributed by atoms with van der Waals surface area (Å²) in [5.74, 6) is 1.66. The van der Waals surface area contributed by atoms with E-state index < -0.39 is 0 Å². The van der Waals surface area contributed by atoms with Gasteiger partial charge in [0.05, 0.1) is 13.7 Å². The third kappa shape index (κ3) is 6.23. The minimum atomic E-state index is 0. The van der Waals surface area contributed by atoms with Gasteiger partial charge in [0.2, 0.25) is 5.91 Å². The lowest BCUT2D eigenvalue weighted by Crippen LogP contribution is -2.33. The normalized spacial score (nSPS) is 16.9. The third-order valence-corrected chi connectivity index (χ3v) is 3.35. The van der Waals surface area contributed by atoms with Gasteiger partial charge in [-0.2, -0.15) is 0 Å². The van der Waals surface area contributed by atoms with E-state index in [0.29, 0.717) is 25.6 Å². The van der Waals surface area contributed by atoms with Gasteiger partial charge in [0, 0.05) is 12.5 Å². The number of hydrogen-bond acceptors (Lipinski definition) is 4. The molecule has 6 heteroatoms. The highest BCUT2D eigenvalue weighted by Crippen LogP contribution is 2.16. The second-order valence-electron chi connectivity index (χ2n) is 4.87. The molecule has 1 saturated heterocycles. The zero-order valence-corrected chi connectivity index (χ0v) is 13.1. The number of amides is 1. The van der Waals surface area contributed by atoms with E-state index in [9.17, 15) is 4.79 Å². The molecule has 0 spiro atoms. The average molecular weight is 315 g/mol. The van der Waals surface area contributed by atoms with Crippen LogP contribution in [0.2, 0.25) is 0 Å². The van der Waals surface area contributed by atoms with E-state index in [1.807, 2.05) is 24.3 Å². The van der Waals surface area contributed by atoms with E-state index >= 15 is 0 Å². The molecule has 1 amide bonds. The zero-order valence-electron chi connectivity index (χ0n) is 12.3. The summed E-state index contributed by atoms with van der Waals surface area (Å²) >= 11 is 0. The summed E-state index contributed by atoms with van der Waals surface area (Å²) in [6.45, 7) is 2.02. The first-order valence-corrected chi connectivity index (χ1v) is 7.05. The Hall–Kier alpha value is -1.46. The molecule has 1 atom stereocenters. The van der Waals surface area contributed by atoms with Crippen molar-refractivity contribution in [1.82, 2.24) is 10.6 Å². The molecule has 1 heterocycles. The highest BCUT2D eigenvalue weighted by atomic mass is 35.5. The number of rotatable bonds is 7. The number of carbonyl (C=O) groups is 1. The first kappa shape index (κ1) is 17.6. The summed E-state index contributed by atoms with van der Waals surface area (Å²) in [4.78, 5) is 11.7. The van der Waals surface area contributed by atoms with Crippen molar-refractivity contribution in [3.63, 3.8) is 0 Å². The van der Waals surface area contributed by atoms with Crippen molar-refractivity contribution in [3.05, 3.63) is 24.3 Å². The molecule has 1 aliphatic rings. The van der Waals surface area contributed by atoms with Crippen LogP contribution >= 0.6 is 12.4 Å². The Bertz CT molecular complexity index is 419. The molecule has 0 saturated carbocycles. The highest BCUT2D eigenvalue weighted by Gasteiger charge is 2.17. The van der Waals surface area contributed by atoms with E-state index in [-0.39, 0.29) is 18.3 Å². The molecule has 21 heavy (non-hydrogen) atoms. The van der Waals surface area contributed by atoms with Gasteiger partial charge in [-0.05, 0) is 43.7 Å². The number of carbonyl (C=O) groups excluding carboxylic acids is 1. The van der Waals surface area contributed by atoms with Gasteiger partial charge in [0.1, 0.15) is 18.1 Å². The average Bonchev–Trinajstić information content (AvgIpc) is 2.97. The molecule has 2 N–H and O–H groups in total. The lowest BCUT2D eigenvalue weighted by atomic mass is 10.1. The predicted molar refractivity (Wildman–Crippen MR) is 84.4 cm³/mol. The number of hydrogen-bond donors (Lipinski definition) is 2. The van der Waals surface area contributed by atoms with Crippen LogP contribution in [0.25, 0.3) is 0 Å². The summed E-state index contributed by atoms with van der Waals surface area (Å²) in [5.41, 5.74) is 0. The fourth-order valence-electron chi connectivity index (χ4n) is 2.26. The second kappa shape index (κ2) is 9.47. The molecule has 118 valence electrons. The quantitative estimate of drug-likeness (QED) is 0.753. The van der Waals surface area contributed by atoms with Crippen molar-refractivity contribution in [1.29, 1.82) is 0 Å². The van der Waals surface area contributed by atoms with Gasteiger partial charge < -0.3 is 20.1 Å². The van der Waals surface area contributed by atoms with Crippen molar-refractivity contribution < 1.29 is 14.3 Å². The molecule has 1 aromatic carbocycles. The highest BCUT2D eigenvalue weighted by molar-refractivity contribution is 5.85. The SMILES string of the molecule is COc1ccc(OCCNC(=O)CC2CCCN2)cc1.Cl. The van der Waals surface area contributed by atoms with Crippen LogP contribution in [0.4, 0.5) is 0 Å². The van der Waals surface area contributed by atoms with Gasteiger partial charge >= 0.3 is 0 Å². The lowest BCUT2D eigenvalue weighted by Gasteiger charge is -2.11. The smallest absolute Gasteiger partial charge is 0.221 e. The maximum absolute atomic E-state index is 11.7. The molecule has 5 nitrogen and oxygen atoms in total. The summed E-state index contributed by atoms with van der Waals surface area (Å²) in [5, 5.41) is 6.18. The molecule has 0 bridgehead atoms. The van der Waals surface area contributed by atoms with Crippen LogP contribution < -0.4 is 20.1 Å². The molecule has 1 unspecified atom stereocenters. The summed E-state index contributed by atoms with van der Waals surface area (Å²) in [6.07, 6.45) is 2.82. The fraction of sp³-hybridized carbons (Fsp3) is 0.533. The summed E-state index contributed by atoms with van der Waals surface area (Å²) < 4.78 is 10.6. The van der Waals surface area contributed by atoms with E-state index in [1.54, 1.807) is 7.11 Å². The van der Waals surface area contributed by atoms with Crippen molar-refractivity contribution >= 4 is 18.3 Å². The minimum absolute atomic E-state index is 0. The number of halogens is 1. The number of benzene rings is 1. The van der Waals surface area contributed by atoms with Crippen LogP contribution in [-0.4, -0.2) is 38.8 Å². The Morgan fingerprint density at radius 2 is 2.05 bits per heavy atom. The first-order chi connectivity index (χ1) is 9.78. The summed E-state index contributed by atoms with van der Waals surface area (Å²) in [7, 11) is 1.63. The van der Waals surface area contributed by atoms with E-state index in [0.717, 1.165) is 24.5 Å². The zero-order chi connectivity index (χ0) is 14.2. The molecule has 0 radical (unpaired) electrons. The number of methoxy groups -OCH3 is 1. The van der Waals surface area contributed by atoms with E-state index in [1.165, 1.54) is 6.42 Å². The predicted octanol–water partition coefficient (Wildman–Crippen LogP) is 1.75. The summed E-state index contributed by atoms with van der Waals surface area (Å²) in [6, 6.07) is 7.74. The Morgan fingerprint density at radius 1 is 1.33 bits per heavy atom. The van der Waals surface area contributed by atoms with Gasteiger partial charge in [-0.3, -0.25) is 4.79 Å². The topological polar surface area (TPSA) is 59.6 Å². The molecular weight excluding hydrogens is 292 g/mol. The van der Waals surface area contributed by atoms with Crippen LogP contribution in [0.1, 0.15) is 19.3 Å². The molecule has 1 aromatic rings. The van der Waals surface area contributed by atoms with E-state index in [4.69, 9.17) is 9.47 Å². The minimum Gasteiger partial charge on any atom is -0.497 e. The standard InChI is InChI=1S/C15H22N2O3.ClH/c1-19-13-4-6-14(7-5-13)20-10-9-17-15(18)11-12-3-2-8-16-12;/h4-7,12,16H,2-3,8-11H2,1H3,(H,17,18);1H. The van der Waals surface area contributed by atoms with Gasteiger partial charge in [-0.25, -0.2) is 0 Å². The Labute approximate surface area is 131 Å². The number of nitrogens with one attached hydrogen (secondary N) is 2. The van der Waals surface area contributed by atoms with Crippen molar-refractivity contribution in [3.8, 4) is 11.5 Å². The largest absolute Gasteiger partial charge is 0.497 e. The maximum atomic E-state index is 11.7. The second-order valence-corrected chi connectivity index (χ2v) is 4.87. The molecular formula is C15H23ClN2O3. The van der Waals surface area contributed by atoms with Crippen LogP contribution in [0.15, 0.2) is 24.3 Å². The Kier molecular flexibility index (Phi) is 7.93. The number of ether oxygens (including phenoxy) is 2. The molecule has 0 aromatic heterocycles. The molecule has 1 aliphatic heterocycles. The van der Waals surface area contributed by atoms with Crippen LogP contribution in [0, 0.1) is 0 Å². The Balaban J connectivity index is 0.00000220. The van der Waals surface area contributed by atoms with Crippen LogP contribution in [-0.2, 0) is 4.79 Å². The lowest BCUT2D eigenvalue weighted by molar-refractivity contribution is -0.121. The Morgan fingerprint density at radius 3 is 2.67 bits per heavy atom.